The molecule has 2 N–H and O–H groups in total. The van der Waals surface area contributed by atoms with Crippen LogP contribution in [0.1, 0.15) is 34.9 Å². The molecule has 4 aromatic rings. The lowest BCUT2D eigenvalue weighted by molar-refractivity contribution is -0.342. The predicted molar refractivity (Wildman–Crippen MR) is 158 cm³/mol. The quantitative estimate of drug-likeness (QED) is 0.287. The van der Waals surface area contributed by atoms with Gasteiger partial charge >= 0.3 is 5.69 Å². The van der Waals surface area contributed by atoms with Gasteiger partial charge in [0.25, 0.3) is 5.56 Å². The van der Waals surface area contributed by atoms with Gasteiger partial charge in [-0.3, -0.25) is 14.3 Å². The summed E-state index contributed by atoms with van der Waals surface area (Å²) in [5, 5.41) is 11.4. The molecule has 3 aliphatic rings. The molecule has 4 atom stereocenters. The number of fused-ring (bicyclic) bond motifs is 3. The number of aromatic amines is 1. The van der Waals surface area contributed by atoms with E-state index in [1.807, 2.05) is 78.9 Å². The second-order valence-electron chi connectivity index (χ2n) is 10.9. The number of aliphatic hydroxyl groups is 1. The number of hydrogen-bond acceptors (Lipinski definition) is 8. The summed E-state index contributed by atoms with van der Waals surface area (Å²) in [5.74, 6) is 1.39. The maximum Gasteiger partial charge on any atom is 0.330 e. The number of H-pyrrole nitrogens is 1. The Labute approximate surface area is 248 Å². The molecule has 0 saturated carbocycles. The summed E-state index contributed by atoms with van der Waals surface area (Å²) in [5.41, 5.74) is -0.669. The third-order valence-corrected chi connectivity index (χ3v) is 8.40. The van der Waals surface area contributed by atoms with Gasteiger partial charge in [-0.25, -0.2) is 4.79 Å². The molecule has 0 unspecified atom stereocenters. The number of ether oxygens (including phenoxy) is 5. The van der Waals surface area contributed by atoms with Gasteiger partial charge in [0.1, 0.15) is 28.8 Å². The lowest BCUT2D eigenvalue weighted by atomic mass is 9.79. The Morgan fingerprint density at radius 2 is 1.51 bits per heavy atom. The van der Waals surface area contributed by atoms with Crippen LogP contribution in [0.2, 0.25) is 0 Å². The number of aliphatic hydroxyl groups excluding tert-OH is 1. The minimum atomic E-state index is -1.30. The van der Waals surface area contributed by atoms with Crippen molar-refractivity contribution in [2.75, 3.05) is 27.4 Å². The number of aromatic nitrogens is 2. The van der Waals surface area contributed by atoms with Crippen molar-refractivity contribution in [3.05, 3.63) is 128 Å². The van der Waals surface area contributed by atoms with Gasteiger partial charge in [0.05, 0.1) is 33.5 Å². The summed E-state index contributed by atoms with van der Waals surface area (Å²) in [7, 11) is 3.23. The fourth-order valence-corrected chi connectivity index (χ4v) is 5.96. The summed E-state index contributed by atoms with van der Waals surface area (Å²) < 4.78 is 31.9. The fraction of sp³-hybridized carbons (Fsp3) is 0.333. The van der Waals surface area contributed by atoms with Crippen LogP contribution in [0.4, 0.5) is 0 Å². The van der Waals surface area contributed by atoms with Gasteiger partial charge < -0.3 is 28.8 Å². The van der Waals surface area contributed by atoms with Gasteiger partial charge in [0.15, 0.2) is 6.23 Å². The zero-order valence-electron chi connectivity index (χ0n) is 24.2. The van der Waals surface area contributed by atoms with Crippen molar-refractivity contribution in [3.63, 3.8) is 0 Å². The third-order valence-electron chi connectivity index (χ3n) is 8.40. The number of aryl methyl sites for hydroxylation is 1. The molecule has 224 valence electrons. The molecule has 0 aliphatic carbocycles. The molecule has 4 heterocycles. The Hall–Kier alpha value is -4.22. The molecule has 0 radical (unpaired) electrons. The molecular formula is C33H34N2O8. The highest BCUT2D eigenvalue weighted by atomic mass is 16.6. The Bertz CT molecular complexity index is 1640. The molecule has 7 rings (SSSR count). The van der Waals surface area contributed by atoms with Crippen molar-refractivity contribution < 1.29 is 28.8 Å². The van der Waals surface area contributed by atoms with E-state index in [1.54, 1.807) is 21.1 Å². The highest BCUT2D eigenvalue weighted by Crippen LogP contribution is 2.46. The second-order valence-corrected chi connectivity index (χ2v) is 10.9. The first-order chi connectivity index (χ1) is 20.8. The van der Waals surface area contributed by atoms with Gasteiger partial charge in [-0.2, -0.15) is 0 Å². The first kappa shape index (κ1) is 28.9. The summed E-state index contributed by atoms with van der Waals surface area (Å²) in [6.07, 6.45) is -0.692. The van der Waals surface area contributed by atoms with Crippen molar-refractivity contribution in [2.45, 2.75) is 43.0 Å². The van der Waals surface area contributed by atoms with Gasteiger partial charge in [0, 0.05) is 18.2 Å². The molecule has 3 fully saturated rings. The number of rotatable bonds is 9. The van der Waals surface area contributed by atoms with Crippen molar-refractivity contribution in [2.24, 2.45) is 0 Å². The maximum absolute atomic E-state index is 12.8. The molecule has 10 heteroatoms. The van der Waals surface area contributed by atoms with Crippen molar-refractivity contribution in [1.29, 1.82) is 0 Å². The smallest absolute Gasteiger partial charge is 0.330 e. The first-order valence-electron chi connectivity index (χ1n) is 14.1. The van der Waals surface area contributed by atoms with Crippen molar-refractivity contribution in [3.8, 4) is 11.5 Å². The highest BCUT2D eigenvalue weighted by molar-refractivity contribution is 5.49. The van der Waals surface area contributed by atoms with E-state index in [1.165, 1.54) is 10.8 Å². The summed E-state index contributed by atoms with van der Waals surface area (Å²) in [4.78, 5) is 27.1. The predicted octanol–water partition coefficient (Wildman–Crippen LogP) is 3.29. The number of methoxy groups -OCH3 is 2. The van der Waals surface area contributed by atoms with E-state index >= 15 is 0 Å². The van der Waals surface area contributed by atoms with Crippen LogP contribution in [0, 0.1) is 6.92 Å². The van der Waals surface area contributed by atoms with E-state index in [0.29, 0.717) is 17.1 Å². The van der Waals surface area contributed by atoms with E-state index in [-0.39, 0.29) is 19.6 Å². The van der Waals surface area contributed by atoms with Gasteiger partial charge in [0.2, 0.25) is 0 Å². The molecule has 3 aliphatic heterocycles. The largest absolute Gasteiger partial charge is 0.497 e. The van der Waals surface area contributed by atoms with Crippen LogP contribution in [-0.4, -0.2) is 59.9 Å². The van der Waals surface area contributed by atoms with Crippen LogP contribution < -0.4 is 20.7 Å². The Morgan fingerprint density at radius 1 is 0.930 bits per heavy atom. The van der Waals surface area contributed by atoms with Crippen LogP contribution in [0.5, 0.6) is 11.5 Å². The minimum absolute atomic E-state index is 0.0580. The molecule has 0 amide bonds. The molecule has 43 heavy (non-hydrogen) atoms. The Kier molecular flexibility index (Phi) is 7.70. The standard InChI is InChI=1S/C33H34N2O8/c1-21-18-35(31(38)34-29(21)37)30-27-17-28(36)32(43-30,19-41-27)20-42-33(22-7-5-4-6-8-22,23-9-13-25(39-2)14-10-23)24-11-15-26(40-3)16-12-24/h4-16,18,27-28,30,36H,17,19-20H2,1-3H3,(H,34,37,38)/t27-,28+,30+,32-/m1/s1. The topological polar surface area (TPSA) is 121 Å². The zero-order valence-corrected chi connectivity index (χ0v) is 24.2. The van der Waals surface area contributed by atoms with E-state index < -0.39 is 40.9 Å². The van der Waals surface area contributed by atoms with E-state index in [4.69, 9.17) is 23.7 Å². The molecule has 3 aromatic carbocycles. The van der Waals surface area contributed by atoms with Crippen LogP contribution in [0.3, 0.4) is 0 Å². The second kappa shape index (κ2) is 11.5. The molecule has 1 aromatic heterocycles. The molecule has 2 bridgehead atoms. The lowest BCUT2D eigenvalue weighted by Crippen LogP contribution is -2.66. The minimum Gasteiger partial charge on any atom is -0.497 e. The van der Waals surface area contributed by atoms with E-state index in [2.05, 4.69) is 4.98 Å². The first-order valence-corrected chi connectivity index (χ1v) is 14.1. The van der Waals surface area contributed by atoms with Crippen LogP contribution in [0.25, 0.3) is 0 Å². The monoisotopic (exact) mass is 586 g/mol. The number of nitrogens with one attached hydrogen (secondary N) is 1. The normalized spacial score (nSPS) is 23.2. The van der Waals surface area contributed by atoms with Crippen LogP contribution in [-0.2, 0) is 19.8 Å². The Morgan fingerprint density at radius 3 is 2.07 bits per heavy atom. The van der Waals surface area contributed by atoms with Crippen molar-refractivity contribution in [1.82, 2.24) is 9.55 Å². The maximum atomic E-state index is 12.8. The summed E-state index contributed by atoms with van der Waals surface area (Å²) in [6.45, 7) is 1.59. The number of hydrogen-bond donors (Lipinski definition) is 2. The average molecular weight is 587 g/mol. The molecule has 10 nitrogen and oxygen atoms in total. The SMILES string of the molecule is COc1ccc(C(OC[C@]23CO[C@H](C[C@@H]2O)[C@@H](n2cc(C)c(=O)[nH]c2=O)O3)(c2ccccc2)c2ccc(OC)cc2)cc1. The van der Waals surface area contributed by atoms with Gasteiger partial charge in [-0.15, -0.1) is 0 Å². The molecular weight excluding hydrogens is 552 g/mol. The highest BCUT2D eigenvalue weighted by Gasteiger charge is 2.56. The lowest BCUT2D eigenvalue weighted by Gasteiger charge is -2.53. The van der Waals surface area contributed by atoms with Crippen LogP contribution >= 0.6 is 0 Å². The average Bonchev–Trinajstić information content (AvgIpc) is 3.04. The fourth-order valence-electron chi connectivity index (χ4n) is 5.96. The number of benzene rings is 3. The number of nitrogens with zero attached hydrogens (tertiary/aromatic N) is 1. The third kappa shape index (κ3) is 5.06. The van der Waals surface area contributed by atoms with Gasteiger partial charge in [-0.05, 0) is 47.9 Å². The van der Waals surface area contributed by atoms with Crippen LogP contribution in [0.15, 0.2) is 94.6 Å². The molecule has 3 saturated heterocycles. The summed E-state index contributed by atoms with van der Waals surface area (Å²) >= 11 is 0. The zero-order chi connectivity index (χ0) is 30.2. The van der Waals surface area contributed by atoms with Crippen molar-refractivity contribution >= 4 is 0 Å². The van der Waals surface area contributed by atoms with Gasteiger partial charge in [-0.1, -0.05) is 54.6 Å². The summed E-state index contributed by atoms with van der Waals surface area (Å²) in [6, 6.07) is 25.1. The van der Waals surface area contributed by atoms with E-state index in [0.717, 1.165) is 16.7 Å². The van der Waals surface area contributed by atoms with E-state index in [9.17, 15) is 14.7 Å². The molecule has 0 spiro atoms. The Balaban J connectivity index is 1.45.